The number of likely N-dealkylation sites (N-methyl/N-ethyl adjacent to an activating group) is 2. The number of thiazole rings is 1. The number of nitrogens with one attached hydrogen (secondary N) is 3. The first kappa shape index (κ1) is 27.7. The predicted octanol–water partition coefficient (Wildman–Crippen LogP) is 1.37. The van der Waals surface area contributed by atoms with E-state index in [1.807, 2.05) is 24.3 Å². The van der Waals surface area contributed by atoms with Crippen LogP contribution in [0.4, 0.5) is 17.2 Å². The number of hydrogen-bond donors (Lipinski definition) is 3. The molecule has 3 rings (SSSR count). The Kier molecular flexibility index (Phi) is 9.80. The van der Waals surface area contributed by atoms with Crippen LogP contribution in [0.5, 0.6) is 0 Å². The molecule has 194 valence electrons. The lowest BCUT2D eigenvalue weighted by atomic mass is 10.2. The van der Waals surface area contributed by atoms with Gasteiger partial charge in [0.05, 0.1) is 6.54 Å². The molecule has 3 N–H and O–H groups in total. The summed E-state index contributed by atoms with van der Waals surface area (Å²) in [7, 11) is 1.79. The summed E-state index contributed by atoms with van der Waals surface area (Å²) in [6.07, 6.45) is 3.16. The van der Waals surface area contributed by atoms with Gasteiger partial charge in [0.15, 0.2) is 5.57 Å². The molecule has 0 aliphatic heterocycles. The Morgan fingerprint density at radius 2 is 1.97 bits per heavy atom. The monoisotopic (exact) mass is 529 g/mol. The molecule has 3 aromatic rings. The quantitative estimate of drug-likeness (QED) is 0.282. The molecular formula is C27H27N7O3S. The van der Waals surface area contributed by atoms with Crippen molar-refractivity contribution in [1.82, 2.24) is 14.9 Å². The second-order valence-corrected chi connectivity index (χ2v) is 8.86. The van der Waals surface area contributed by atoms with Gasteiger partial charge in [-0.1, -0.05) is 34.9 Å². The maximum atomic E-state index is 12.8. The van der Waals surface area contributed by atoms with Gasteiger partial charge in [-0.15, -0.1) is 0 Å². The molecule has 2 amide bonds. The molecule has 2 aromatic heterocycles. The number of benzene rings is 1. The first-order valence-corrected chi connectivity index (χ1v) is 12.6. The molecule has 0 unspecified atom stereocenters. The Morgan fingerprint density at radius 3 is 2.66 bits per heavy atom. The van der Waals surface area contributed by atoms with E-state index in [4.69, 9.17) is 0 Å². The SMILES string of the molecule is CCNC(=O)C(=C=c1sc(=C=CNc2cccc(NC(=O)CN(C)c3ccccn3)c2)c(=O)n1CC)C#N. The molecular weight excluding hydrogens is 502 g/mol. The van der Waals surface area contributed by atoms with E-state index in [1.54, 1.807) is 56.3 Å². The summed E-state index contributed by atoms with van der Waals surface area (Å²) in [6.45, 7) is 4.38. The third-order valence-corrected chi connectivity index (χ3v) is 6.13. The van der Waals surface area contributed by atoms with Gasteiger partial charge in [0.1, 0.15) is 21.1 Å². The number of hydrogen-bond acceptors (Lipinski definition) is 8. The van der Waals surface area contributed by atoms with Crippen LogP contribution in [-0.4, -0.2) is 41.5 Å². The highest BCUT2D eigenvalue weighted by Crippen LogP contribution is 2.15. The van der Waals surface area contributed by atoms with E-state index >= 15 is 0 Å². The molecule has 2 heterocycles. The van der Waals surface area contributed by atoms with E-state index < -0.39 is 5.91 Å². The Hall–Kier alpha value is -4.87. The lowest BCUT2D eigenvalue weighted by molar-refractivity contribution is -0.117. The number of pyridine rings is 1. The molecule has 0 aliphatic rings. The summed E-state index contributed by atoms with van der Waals surface area (Å²) in [5.41, 5.74) is 6.45. The molecule has 1 aromatic carbocycles. The molecule has 0 spiro atoms. The van der Waals surface area contributed by atoms with Crippen molar-refractivity contribution in [3.63, 3.8) is 0 Å². The van der Waals surface area contributed by atoms with E-state index in [2.05, 4.69) is 32.4 Å². The smallest absolute Gasteiger partial charge is 0.277 e. The molecule has 0 fully saturated rings. The molecule has 0 saturated heterocycles. The Bertz CT molecular complexity index is 1610. The number of anilines is 3. The second kappa shape index (κ2) is 13.4. The summed E-state index contributed by atoms with van der Waals surface area (Å²) < 4.78 is 2.07. The number of nitriles is 1. The standard InChI is InChI=1S/C27H27N7O3S/c1-4-29-26(36)19(17-28)15-25-34(5-2)27(37)22(38-25)12-14-30-20-9-8-10-21(16-20)32-24(35)18-33(3)23-11-6-7-13-31-23/h6-11,13-14,16,30H,4-5,18H2,1-3H3,(H,29,36)(H,32,35). The first-order chi connectivity index (χ1) is 18.4. The third kappa shape index (κ3) is 7.32. The van der Waals surface area contributed by atoms with E-state index in [1.165, 1.54) is 10.8 Å². The van der Waals surface area contributed by atoms with Gasteiger partial charge in [0.25, 0.3) is 11.5 Å². The van der Waals surface area contributed by atoms with E-state index in [9.17, 15) is 19.6 Å². The molecule has 0 radical (unpaired) electrons. The van der Waals surface area contributed by atoms with Crippen LogP contribution in [0.15, 0.2) is 65.2 Å². The van der Waals surface area contributed by atoms with Crippen LogP contribution in [0.1, 0.15) is 13.8 Å². The number of aromatic nitrogens is 2. The summed E-state index contributed by atoms with van der Waals surface area (Å²) in [4.78, 5) is 43.2. The van der Waals surface area contributed by atoms with Crippen molar-refractivity contribution in [3.8, 4) is 6.07 Å². The van der Waals surface area contributed by atoms with Crippen molar-refractivity contribution in [1.29, 1.82) is 5.26 Å². The van der Waals surface area contributed by atoms with Gasteiger partial charge >= 0.3 is 0 Å². The van der Waals surface area contributed by atoms with Gasteiger partial charge in [-0.3, -0.25) is 19.0 Å². The number of amides is 2. The summed E-state index contributed by atoms with van der Waals surface area (Å²) in [5, 5.41) is 17.8. The summed E-state index contributed by atoms with van der Waals surface area (Å²) in [6, 6.07) is 14.4. The lowest BCUT2D eigenvalue weighted by Gasteiger charge is -2.17. The largest absolute Gasteiger partial charge is 0.355 e. The van der Waals surface area contributed by atoms with Crippen LogP contribution in [0, 0.1) is 11.3 Å². The fraction of sp³-hybridized carbons (Fsp3) is 0.222. The molecule has 0 aliphatic carbocycles. The van der Waals surface area contributed by atoms with E-state index in [0.29, 0.717) is 34.9 Å². The molecule has 0 atom stereocenters. The number of nitrogens with zero attached hydrogens (tertiary/aromatic N) is 4. The second-order valence-electron chi connectivity index (χ2n) is 7.86. The van der Waals surface area contributed by atoms with Crippen LogP contribution < -0.4 is 35.6 Å². The highest BCUT2D eigenvalue weighted by Gasteiger charge is 2.09. The first-order valence-electron chi connectivity index (χ1n) is 11.8. The minimum absolute atomic E-state index is 0.131. The predicted molar refractivity (Wildman–Crippen MR) is 149 cm³/mol. The average Bonchev–Trinajstić information content (AvgIpc) is 3.21. The lowest BCUT2D eigenvalue weighted by Crippen LogP contribution is -2.30. The van der Waals surface area contributed by atoms with Crippen molar-refractivity contribution < 1.29 is 9.59 Å². The Balaban J connectivity index is 1.80. The highest BCUT2D eigenvalue weighted by atomic mass is 32.1. The topological polar surface area (TPSA) is 132 Å². The van der Waals surface area contributed by atoms with Gasteiger partial charge in [0, 0.05) is 43.9 Å². The van der Waals surface area contributed by atoms with Crippen LogP contribution in [-0.2, 0) is 16.1 Å². The molecule has 11 heteroatoms. The van der Waals surface area contributed by atoms with Crippen molar-refractivity contribution >= 4 is 51.8 Å². The van der Waals surface area contributed by atoms with Crippen molar-refractivity contribution in [2.45, 2.75) is 20.4 Å². The maximum Gasteiger partial charge on any atom is 0.277 e. The number of carbonyl (C=O) groups is 2. The highest BCUT2D eigenvalue weighted by molar-refractivity contribution is 7.07. The fourth-order valence-electron chi connectivity index (χ4n) is 3.32. The maximum absolute atomic E-state index is 12.8. The van der Waals surface area contributed by atoms with Gasteiger partial charge in [0.2, 0.25) is 5.91 Å². The van der Waals surface area contributed by atoms with Crippen molar-refractivity contribution in [2.24, 2.45) is 0 Å². The minimum Gasteiger partial charge on any atom is -0.355 e. The van der Waals surface area contributed by atoms with Crippen molar-refractivity contribution in [3.05, 3.63) is 80.0 Å². The normalized spacial score (nSPS) is 9.84. The third-order valence-electron chi connectivity index (χ3n) is 5.12. The summed E-state index contributed by atoms with van der Waals surface area (Å²) in [5.74, 6) is -0.0485. The zero-order chi connectivity index (χ0) is 27.5. The zero-order valence-electron chi connectivity index (χ0n) is 21.2. The van der Waals surface area contributed by atoms with Crippen LogP contribution >= 0.6 is 11.3 Å². The fourth-order valence-corrected chi connectivity index (χ4v) is 4.31. The number of carbonyl (C=O) groups excluding carboxylic acids is 2. The van der Waals surface area contributed by atoms with Gasteiger partial charge in [-0.2, -0.15) is 5.26 Å². The molecule has 0 bridgehead atoms. The van der Waals surface area contributed by atoms with Gasteiger partial charge < -0.3 is 20.9 Å². The average molecular weight is 530 g/mol. The minimum atomic E-state index is -0.545. The van der Waals surface area contributed by atoms with E-state index in [-0.39, 0.29) is 28.1 Å². The summed E-state index contributed by atoms with van der Waals surface area (Å²) >= 11 is 1.08. The van der Waals surface area contributed by atoms with Crippen LogP contribution in [0.3, 0.4) is 0 Å². The molecule has 0 saturated carbocycles. The van der Waals surface area contributed by atoms with Gasteiger partial charge in [-0.05, 0) is 44.2 Å². The van der Waals surface area contributed by atoms with Crippen LogP contribution in [0.25, 0.3) is 11.5 Å². The van der Waals surface area contributed by atoms with Crippen LogP contribution in [0.2, 0.25) is 0 Å². The van der Waals surface area contributed by atoms with E-state index in [0.717, 1.165) is 11.3 Å². The zero-order valence-corrected chi connectivity index (χ0v) is 22.1. The Morgan fingerprint density at radius 1 is 1.18 bits per heavy atom. The van der Waals surface area contributed by atoms with Gasteiger partial charge in [-0.25, -0.2) is 4.98 Å². The molecule has 10 nitrogen and oxygen atoms in total. The number of rotatable bonds is 9. The molecule has 38 heavy (non-hydrogen) atoms. The van der Waals surface area contributed by atoms with Crippen molar-refractivity contribution in [2.75, 3.05) is 35.7 Å². The Labute approximate surface area is 223 Å².